The van der Waals surface area contributed by atoms with Crippen molar-refractivity contribution in [1.29, 1.82) is 0 Å². The summed E-state index contributed by atoms with van der Waals surface area (Å²) in [6.45, 7) is 1.85. The Morgan fingerprint density at radius 1 is 1.10 bits per heavy atom. The van der Waals surface area contributed by atoms with Crippen LogP contribution < -0.4 is 11.1 Å². The van der Waals surface area contributed by atoms with Crippen LogP contribution >= 0.6 is 0 Å². The lowest BCUT2D eigenvalue weighted by Gasteiger charge is -2.11. The average molecular weight is 267 g/mol. The molecule has 1 heterocycles. The molecule has 0 saturated heterocycles. The molecule has 1 aromatic heterocycles. The lowest BCUT2D eigenvalue weighted by Crippen LogP contribution is -1.98. The van der Waals surface area contributed by atoms with Gasteiger partial charge in [-0.3, -0.25) is 0 Å². The van der Waals surface area contributed by atoms with Crippen LogP contribution in [0.25, 0.3) is 10.8 Å². The van der Waals surface area contributed by atoms with Gasteiger partial charge < -0.3 is 11.1 Å². The first-order chi connectivity index (χ1) is 9.65. The number of rotatable bonds is 2. The van der Waals surface area contributed by atoms with Gasteiger partial charge in [-0.1, -0.05) is 18.2 Å². The fourth-order valence-electron chi connectivity index (χ4n) is 2.18. The van der Waals surface area contributed by atoms with E-state index in [1.165, 1.54) is 6.07 Å². The second-order valence-electron chi connectivity index (χ2n) is 4.71. The predicted molar refractivity (Wildman–Crippen MR) is 80.6 cm³/mol. The number of fused-ring (bicyclic) bond motifs is 1. The second kappa shape index (κ2) is 4.81. The van der Waals surface area contributed by atoms with Crippen molar-refractivity contribution in [3.8, 4) is 0 Å². The van der Waals surface area contributed by atoms with E-state index in [1.54, 1.807) is 12.3 Å². The van der Waals surface area contributed by atoms with Crippen LogP contribution in [0.1, 0.15) is 5.56 Å². The van der Waals surface area contributed by atoms with Crippen molar-refractivity contribution < 1.29 is 4.39 Å². The third-order valence-electron chi connectivity index (χ3n) is 3.22. The summed E-state index contributed by atoms with van der Waals surface area (Å²) < 4.78 is 13.9. The standard InChI is InChI=1S/C16H14FN3/c1-10-5-6-15(13(17)9-10)20-16-12-3-2-4-14(18)11(12)7-8-19-16/h2-9H,18H2,1H3,(H,19,20). The van der Waals surface area contributed by atoms with Crippen LogP contribution in [-0.2, 0) is 0 Å². The number of aromatic nitrogens is 1. The summed E-state index contributed by atoms with van der Waals surface area (Å²) in [4.78, 5) is 4.27. The third kappa shape index (κ3) is 2.16. The quantitative estimate of drug-likeness (QED) is 0.690. The van der Waals surface area contributed by atoms with Gasteiger partial charge in [0.15, 0.2) is 0 Å². The van der Waals surface area contributed by atoms with Crippen molar-refractivity contribution in [1.82, 2.24) is 4.98 Å². The molecule has 0 spiro atoms. The minimum Gasteiger partial charge on any atom is -0.398 e. The van der Waals surface area contributed by atoms with E-state index in [9.17, 15) is 4.39 Å². The molecule has 0 aliphatic rings. The Kier molecular flexibility index (Phi) is 2.99. The number of halogens is 1. The van der Waals surface area contributed by atoms with Crippen LogP contribution in [-0.4, -0.2) is 4.98 Å². The molecule has 0 bridgehead atoms. The summed E-state index contributed by atoms with van der Waals surface area (Å²) >= 11 is 0. The van der Waals surface area contributed by atoms with Crippen LogP contribution in [0, 0.1) is 12.7 Å². The molecule has 3 N–H and O–H groups in total. The van der Waals surface area contributed by atoms with Gasteiger partial charge in [-0.25, -0.2) is 9.37 Å². The maximum Gasteiger partial charge on any atom is 0.146 e. The molecule has 2 aromatic carbocycles. The number of aryl methyl sites for hydroxylation is 1. The first kappa shape index (κ1) is 12.4. The van der Waals surface area contributed by atoms with Crippen LogP contribution in [0.4, 0.5) is 21.6 Å². The largest absolute Gasteiger partial charge is 0.398 e. The monoisotopic (exact) mass is 267 g/mol. The highest BCUT2D eigenvalue weighted by atomic mass is 19.1. The van der Waals surface area contributed by atoms with Gasteiger partial charge in [-0.15, -0.1) is 0 Å². The smallest absolute Gasteiger partial charge is 0.146 e. The van der Waals surface area contributed by atoms with Crippen LogP contribution in [0.15, 0.2) is 48.7 Å². The molecule has 0 unspecified atom stereocenters. The maximum atomic E-state index is 13.9. The molecular formula is C16H14FN3. The first-order valence-electron chi connectivity index (χ1n) is 6.31. The molecule has 3 aromatic rings. The van der Waals surface area contributed by atoms with Crippen molar-refractivity contribution in [3.63, 3.8) is 0 Å². The summed E-state index contributed by atoms with van der Waals surface area (Å²) in [7, 11) is 0. The van der Waals surface area contributed by atoms with E-state index in [1.807, 2.05) is 37.3 Å². The fraction of sp³-hybridized carbons (Fsp3) is 0.0625. The van der Waals surface area contributed by atoms with Gasteiger partial charge in [0.25, 0.3) is 0 Å². The molecule has 4 heteroatoms. The van der Waals surface area contributed by atoms with E-state index >= 15 is 0 Å². The summed E-state index contributed by atoms with van der Waals surface area (Å²) in [6.07, 6.45) is 1.66. The number of hydrogen-bond donors (Lipinski definition) is 2. The molecule has 0 amide bonds. The Balaban J connectivity index is 2.09. The molecular weight excluding hydrogens is 253 g/mol. The SMILES string of the molecule is Cc1ccc(Nc2nccc3c(N)cccc23)c(F)c1. The number of pyridine rings is 1. The van der Waals surface area contributed by atoms with E-state index in [0.29, 0.717) is 17.2 Å². The zero-order valence-corrected chi connectivity index (χ0v) is 11.0. The molecule has 0 aliphatic carbocycles. The number of nitrogens with two attached hydrogens (primary N) is 1. The molecule has 3 nitrogen and oxygen atoms in total. The number of hydrogen-bond acceptors (Lipinski definition) is 3. The number of nitrogen functional groups attached to an aromatic ring is 1. The Hall–Kier alpha value is -2.62. The molecule has 20 heavy (non-hydrogen) atoms. The summed E-state index contributed by atoms with van der Waals surface area (Å²) in [5, 5.41) is 4.80. The van der Waals surface area contributed by atoms with E-state index in [-0.39, 0.29) is 5.82 Å². The summed E-state index contributed by atoms with van der Waals surface area (Å²) in [6, 6.07) is 12.5. The van der Waals surface area contributed by atoms with E-state index in [4.69, 9.17) is 5.73 Å². The Labute approximate surface area is 116 Å². The highest BCUT2D eigenvalue weighted by Crippen LogP contribution is 2.28. The predicted octanol–water partition coefficient (Wildman–Crippen LogP) is 4.01. The second-order valence-corrected chi connectivity index (χ2v) is 4.71. The van der Waals surface area contributed by atoms with E-state index < -0.39 is 0 Å². The number of anilines is 3. The van der Waals surface area contributed by atoms with E-state index in [0.717, 1.165) is 16.3 Å². The Bertz CT molecular complexity index is 784. The van der Waals surface area contributed by atoms with Gasteiger partial charge >= 0.3 is 0 Å². The maximum absolute atomic E-state index is 13.9. The van der Waals surface area contributed by atoms with Crippen molar-refractivity contribution in [2.45, 2.75) is 6.92 Å². The normalized spacial score (nSPS) is 10.7. The number of nitrogens with one attached hydrogen (secondary N) is 1. The summed E-state index contributed by atoms with van der Waals surface area (Å²) in [5.41, 5.74) is 7.90. The van der Waals surface area contributed by atoms with Crippen molar-refractivity contribution in [2.24, 2.45) is 0 Å². The van der Waals surface area contributed by atoms with Crippen LogP contribution in [0.5, 0.6) is 0 Å². The van der Waals surface area contributed by atoms with Gasteiger partial charge in [0.2, 0.25) is 0 Å². The van der Waals surface area contributed by atoms with Crippen molar-refractivity contribution in [2.75, 3.05) is 11.1 Å². The third-order valence-corrected chi connectivity index (χ3v) is 3.22. The van der Waals surface area contributed by atoms with Crippen molar-refractivity contribution >= 4 is 28.0 Å². The Morgan fingerprint density at radius 2 is 1.95 bits per heavy atom. The minimum atomic E-state index is -0.298. The highest BCUT2D eigenvalue weighted by molar-refractivity contribution is 5.99. The van der Waals surface area contributed by atoms with Gasteiger partial charge in [-0.05, 0) is 36.8 Å². The molecule has 0 radical (unpaired) electrons. The van der Waals surface area contributed by atoms with E-state index in [2.05, 4.69) is 10.3 Å². The van der Waals surface area contributed by atoms with Gasteiger partial charge in [-0.2, -0.15) is 0 Å². The lowest BCUT2D eigenvalue weighted by molar-refractivity contribution is 0.630. The summed E-state index contributed by atoms with van der Waals surface area (Å²) in [5.74, 6) is 0.297. The van der Waals surface area contributed by atoms with Crippen molar-refractivity contribution in [3.05, 3.63) is 60.0 Å². The molecule has 0 aliphatic heterocycles. The lowest BCUT2D eigenvalue weighted by atomic mass is 10.1. The van der Waals surface area contributed by atoms with Crippen LogP contribution in [0.3, 0.4) is 0 Å². The molecule has 0 saturated carbocycles. The molecule has 0 fully saturated rings. The minimum absolute atomic E-state index is 0.298. The zero-order valence-electron chi connectivity index (χ0n) is 11.0. The first-order valence-corrected chi connectivity index (χ1v) is 6.31. The molecule has 100 valence electrons. The Morgan fingerprint density at radius 3 is 2.75 bits per heavy atom. The topological polar surface area (TPSA) is 50.9 Å². The van der Waals surface area contributed by atoms with Crippen LogP contribution in [0.2, 0.25) is 0 Å². The molecule has 0 atom stereocenters. The van der Waals surface area contributed by atoms with Gasteiger partial charge in [0.1, 0.15) is 11.6 Å². The average Bonchev–Trinajstić information content (AvgIpc) is 2.43. The fourth-order valence-corrected chi connectivity index (χ4v) is 2.18. The number of nitrogens with zero attached hydrogens (tertiary/aromatic N) is 1. The van der Waals surface area contributed by atoms with Gasteiger partial charge in [0.05, 0.1) is 5.69 Å². The number of benzene rings is 2. The molecule has 3 rings (SSSR count). The van der Waals surface area contributed by atoms with Gasteiger partial charge in [0, 0.05) is 22.7 Å². The highest BCUT2D eigenvalue weighted by Gasteiger charge is 2.07. The zero-order chi connectivity index (χ0) is 14.1.